The summed E-state index contributed by atoms with van der Waals surface area (Å²) in [7, 11) is 0. The number of nitrogens with one attached hydrogen (secondary N) is 1. The number of aromatic nitrogens is 3. The van der Waals surface area contributed by atoms with Gasteiger partial charge in [-0.1, -0.05) is 36.7 Å². The van der Waals surface area contributed by atoms with Crippen molar-refractivity contribution in [3.63, 3.8) is 0 Å². The van der Waals surface area contributed by atoms with Gasteiger partial charge in [-0.3, -0.25) is 4.79 Å². The Kier molecular flexibility index (Phi) is 5.74. The van der Waals surface area contributed by atoms with Crippen molar-refractivity contribution in [3.8, 4) is 5.69 Å². The number of aliphatic hydroxyl groups excluding tert-OH is 1. The Bertz CT molecular complexity index is 684. The molecule has 0 spiro atoms. The monoisotopic (exact) mass is 336 g/mol. The van der Waals surface area contributed by atoms with E-state index in [1.165, 1.54) is 0 Å². The first kappa shape index (κ1) is 17.4. The number of nitrogens with zero attached hydrogens (tertiary/aromatic N) is 3. The largest absolute Gasteiger partial charge is 0.396 e. The Balaban J connectivity index is 2.23. The number of aliphatic hydroxyl groups is 1. The Morgan fingerprint density at radius 3 is 2.78 bits per heavy atom. The van der Waals surface area contributed by atoms with Gasteiger partial charge in [-0.05, 0) is 37.5 Å². The van der Waals surface area contributed by atoms with Crippen molar-refractivity contribution in [3.05, 3.63) is 40.7 Å². The molecule has 1 heterocycles. The molecular weight excluding hydrogens is 316 g/mol. The summed E-state index contributed by atoms with van der Waals surface area (Å²) in [6.45, 7) is 5.80. The summed E-state index contributed by atoms with van der Waals surface area (Å²) in [5.41, 5.74) is 1.65. The number of hydrogen-bond acceptors (Lipinski definition) is 4. The van der Waals surface area contributed by atoms with Gasteiger partial charge < -0.3 is 10.4 Å². The van der Waals surface area contributed by atoms with Gasteiger partial charge in [0.25, 0.3) is 5.91 Å². The van der Waals surface area contributed by atoms with E-state index in [9.17, 15) is 4.79 Å². The lowest BCUT2D eigenvalue weighted by molar-refractivity contribution is 0.0911. The van der Waals surface area contributed by atoms with E-state index in [0.717, 1.165) is 5.69 Å². The molecule has 1 aromatic carbocycles. The van der Waals surface area contributed by atoms with Crippen LogP contribution in [0.4, 0.5) is 0 Å². The van der Waals surface area contributed by atoms with Crippen LogP contribution in [0.15, 0.2) is 24.3 Å². The first-order valence-electron chi connectivity index (χ1n) is 7.54. The maximum atomic E-state index is 12.4. The first-order valence-corrected chi connectivity index (χ1v) is 7.91. The standard InChI is InChI=1S/C16H21ClN4O2/c1-10(2)14(7-8-22)18-16(23)15-11(3)21(20-19-15)13-6-4-5-12(17)9-13/h4-6,9-10,14,22H,7-8H2,1-3H3,(H,18,23). The van der Waals surface area contributed by atoms with Gasteiger partial charge in [0.15, 0.2) is 5.69 Å². The molecule has 0 bridgehead atoms. The van der Waals surface area contributed by atoms with Crippen LogP contribution >= 0.6 is 11.6 Å². The lowest BCUT2D eigenvalue weighted by Crippen LogP contribution is -2.39. The van der Waals surface area contributed by atoms with E-state index in [0.29, 0.717) is 17.1 Å². The molecule has 2 N–H and O–H groups in total. The molecule has 6 nitrogen and oxygen atoms in total. The maximum Gasteiger partial charge on any atom is 0.273 e. The molecule has 7 heteroatoms. The van der Waals surface area contributed by atoms with E-state index in [1.54, 1.807) is 23.7 Å². The summed E-state index contributed by atoms with van der Waals surface area (Å²) in [5, 5.41) is 20.6. The van der Waals surface area contributed by atoms with E-state index in [1.807, 2.05) is 26.0 Å². The van der Waals surface area contributed by atoms with Crippen LogP contribution in [-0.2, 0) is 0 Å². The van der Waals surface area contributed by atoms with Gasteiger partial charge >= 0.3 is 0 Å². The molecule has 0 aliphatic carbocycles. The minimum absolute atomic E-state index is 0.0251. The van der Waals surface area contributed by atoms with Crippen LogP contribution in [-0.4, -0.2) is 38.7 Å². The number of carbonyl (C=O) groups excluding carboxylic acids is 1. The molecule has 1 aromatic heterocycles. The molecule has 2 aromatic rings. The SMILES string of the molecule is Cc1c(C(=O)NC(CCO)C(C)C)nnn1-c1cccc(Cl)c1. The number of amides is 1. The molecule has 0 fully saturated rings. The van der Waals surface area contributed by atoms with Crippen molar-refractivity contribution in [2.24, 2.45) is 5.92 Å². The molecule has 0 aliphatic heterocycles. The average molecular weight is 337 g/mol. The van der Waals surface area contributed by atoms with Crippen LogP contribution in [0.2, 0.25) is 5.02 Å². The molecule has 1 atom stereocenters. The second kappa shape index (κ2) is 7.57. The second-order valence-electron chi connectivity index (χ2n) is 5.75. The zero-order valence-corrected chi connectivity index (χ0v) is 14.2. The fourth-order valence-electron chi connectivity index (χ4n) is 2.34. The van der Waals surface area contributed by atoms with Gasteiger partial charge in [-0.25, -0.2) is 4.68 Å². The number of benzene rings is 1. The molecule has 23 heavy (non-hydrogen) atoms. The van der Waals surface area contributed by atoms with Crippen molar-refractivity contribution in [1.82, 2.24) is 20.3 Å². The summed E-state index contributed by atoms with van der Waals surface area (Å²) < 4.78 is 1.58. The highest BCUT2D eigenvalue weighted by molar-refractivity contribution is 6.30. The van der Waals surface area contributed by atoms with Crippen molar-refractivity contribution in [2.45, 2.75) is 33.2 Å². The van der Waals surface area contributed by atoms with Crippen LogP contribution in [0.25, 0.3) is 5.69 Å². The van der Waals surface area contributed by atoms with Crippen molar-refractivity contribution >= 4 is 17.5 Å². The summed E-state index contributed by atoms with van der Waals surface area (Å²) in [4.78, 5) is 12.4. The third-order valence-electron chi connectivity index (χ3n) is 3.72. The summed E-state index contributed by atoms with van der Waals surface area (Å²) in [6, 6.07) is 7.08. The minimum Gasteiger partial charge on any atom is -0.396 e. The molecule has 2 rings (SSSR count). The van der Waals surface area contributed by atoms with E-state index in [2.05, 4.69) is 15.6 Å². The maximum absolute atomic E-state index is 12.4. The van der Waals surface area contributed by atoms with Gasteiger partial charge in [0.2, 0.25) is 0 Å². The van der Waals surface area contributed by atoms with Crippen LogP contribution in [0, 0.1) is 12.8 Å². The number of rotatable bonds is 6. The number of halogens is 1. The molecule has 124 valence electrons. The zero-order chi connectivity index (χ0) is 17.0. The topological polar surface area (TPSA) is 80.0 Å². The predicted molar refractivity (Wildman–Crippen MR) is 88.9 cm³/mol. The fourth-order valence-corrected chi connectivity index (χ4v) is 2.52. The highest BCUT2D eigenvalue weighted by Crippen LogP contribution is 2.17. The molecule has 0 radical (unpaired) electrons. The van der Waals surface area contributed by atoms with E-state index in [-0.39, 0.29) is 30.2 Å². The highest BCUT2D eigenvalue weighted by atomic mass is 35.5. The quantitative estimate of drug-likeness (QED) is 0.848. The Labute approximate surface area is 140 Å². The smallest absolute Gasteiger partial charge is 0.273 e. The first-order chi connectivity index (χ1) is 10.9. The number of carbonyl (C=O) groups is 1. The number of hydrogen-bond donors (Lipinski definition) is 2. The molecule has 1 amide bonds. The summed E-state index contributed by atoms with van der Waals surface area (Å²) >= 11 is 5.99. The third kappa shape index (κ3) is 4.09. The van der Waals surface area contributed by atoms with Crippen molar-refractivity contribution in [1.29, 1.82) is 0 Å². The Morgan fingerprint density at radius 1 is 1.43 bits per heavy atom. The lowest BCUT2D eigenvalue weighted by Gasteiger charge is -2.21. The molecular formula is C16H21ClN4O2. The average Bonchev–Trinajstić information content (AvgIpc) is 2.88. The molecule has 1 unspecified atom stereocenters. The van der Waals surface area contributed by atoms with Gasteiger partial charge in [0.05, 0.1) is 11.4 Å². The predicted octanol–water partition coefficient (Wildman–Crippen LogP) is 2.37. The van der Waals surface area contributed by atoms with Crippen molar-refractivity contribution in [2.75, 3.05) is 6.61 Å². The third-order valence-corrected chi connectivity index (χ3v) is 3.96. The Morgan fingerprint density at radius 2 is 2.17 bits per heavy atom. The van der Waals surface area contributed by atoms with Gasteiger partial charge in [-0.15, -0.1) is 5.10 Å². The van der Waals surface area contributed by atoms with Gasteiger partial charge in [0.1, 0.15) is 0 Å². The molecule has 0 saturated carbocycles. The minimum atomic E-state index is -0.289. The summed E-state index contributed by atoms with van der Waals surface area (Å²) in [6.07, 6.45) is 0.505. The molecule has 0 aliphatic rings. The van der Waals surface area contributed by atoms with E-state index >= 15 is 0 Å². The fraction of sp³-hybridized carbons (Fsp3) is 0.438. The van der Waals surface area contributed by atoms with E-state index < -0.39 is 0 Å². The van der Waals surface area contributed by atoms with E-state index in [4.69, 9.17) is 16.7 Å². The van der Waals surface area contributed by atoms with Gasteiger partial charge in [0, 0.05) is 17.7 Å². The molecule has 0 saturated heterocycles. The van der Waals surface area contributed by atoms with Crippen molar-refractivity contribution < 1.29 is 9.90 Å². The normalized spacial score (nSPS) is 12.4. The summed E-state index contributed by atoms with van der Waals surface area (Å²) in [5.74, 6) is -0.0719. The zero-order valence-electron chi connectivity index (χ0n) is 13.5. The van der Waals surface area contributed by atoms with Gasteiger partial charge in [-0.2, -0.15) is 0 Å². The van der Waals surface area contributed by atoms with Crippen LogP contribution < -0.4 is 5.32 Å². The van der Waals surface area contributed by atoms with Crippen LogP contribution in [0.5, 0.6) is 0 Å². The lowest BCUT2D eigenvalue weighted by atomic mass is 10.0. The van der Waals surface area contributed by atoms with Crippen LogP contribution in [0.3, 0.4) is 0 Å². The Hall–Kier alpha value is -1.92. The van der Waals surface area contributed by atoms with Crippen LogP contribution in [0.1, 0.15) is 36.5 Å². The highest BCUT2D eigenvalue weighted by Gasteiger charge is 2.22. The second-order valence-corrected chi connectivity index (χ2v) is 6.19.